The van der Waals surface area contributed by atoms with E-state index in [0.29, 0.717) is 29.7 Å². The molecule has 2 aromatic carbocycles. The molecule has 0 radical (unpaired) electrons. The van der Waals surface area contributed by atoms with Crippen molar-refractivity contribution >= 4 is 17.4 Å². The number of ether oxygens (including phenoxy) is 2. The Kier molecular flexibility index (Phi) is 4.50. The topological polar surface area (TPSA) is 65.4 Å². The molecule has 132 valence electrons. The van der Waals surface area contributed by atoms with Crippen LogP contribution in [0.25, 0.3) is 0 Å². The molecule has 3 aromatic rings. The van der Waals surface area contributed by atoms with Crippen molar-refractivity contribution in [3.63, 3.8) is 0 Å². The number of fused-ring (bicyclic) bond motifs is 1. The van der Waals surface area contributed by atoms with Gasteiger partial charge >= 0.3 is 0 Å². The van der Waals surface area contributed by atoms with Crippen molar-refractivity contribution in [3.8, 4) is 11.5 Å². The van der Waals surface area contributed by atoms with Gasteiger partial charge in [0.2, 0.25) is 6.79 Å². The van der Waals surface area contributed by atoms with Crippen LogP contribution in [0.1, 0.15) is 11.1 Å². The Hall–Kier alpha value is -2.99. The van der Waals surface area contributed by atoms with E-state index in [-0.39, 0.29) is 12.4 Å². The van der Waals surface area contributed by atoms with Gasteiger partial charge in [-0.15, -0.1) is 0 Å². The third-order valence-electron chi connectivity index (χ3n) is 4.08. The number of hydrogen-bond acceptors (Lipinski definition) is 5. The number of hydrogen-bond donors (Lipinski definition) is 1. The molecule has 2 heterocycles. The summed E-state index contributed by atoms with van der Waals surface area (Å²) in [6.07, 6.45) is 3.28. The maximum absolute atomic E-state index is 12.6. The molecule has 0 amide bonds. The summed E-state index contributed by atoms with van der Waals surface area (Å²) in [7, 11) is 0. The first kappa shape index (κ1) is 16.5. The summed E-state index contributed by atoms with van der Waals surface area (Å²) in [5.41, 5.74) is 1.79. The molecule has 0 fully saturated rings. The van der Waals surface area contributed by atoms with Crippen LogP contribution in [0.3, 0.4) is 0 Å². The second kappa shape index (κ2) is 7.09. The van der Waals surface area contributed by atoms with Crippen LogP contribution in [-0.2, 0) is 13.1 Å². The van der Waals surface area contributed by atoms with Crippen LogP contribution in [0.2, 0.25) is 5.02 Å². The average molecular weight is 370 g/mol. The lowest BCUT2D eigenvalue weighted by Crippen LogP contribution is -2.24. The molecule has 7 heteroatoms. The maximum Gasteiger partial charge on any atom is 0.293 e. The van der Waals surface area contributed by atoms with Crippen LogP contribution in [-0.4, -0.2) is 16.3 Å². The summed E-state index contributed by atoms with van der Waals surface area (Å²) in [6.45, 7) is 1.16. The molecule has 6 nitrogen and oxygen atoms in total. The summed E-state index contributed by atoms with van der Waals surface area (Å²) in [5, 5.41) is 3.76. The fourth-order valence-corrected chi connectivity index (χ4v) is 2.84. The van der Waals surface area contributed by atoms with Crippen molar-refractivity contribution in [1.82, 2.24) is 9.55 Å². The first-order valence-corrected chi connectivity index (χ1v) is 8.49. The van der Waals surface area contributed by atoms with E-state index in [1.807, 2.05) is 42.5 Å². The van der Waals surface area contributed by atoms with Gasteiger partial charge in [-0.3, -0.25) is 4.79 Å². The van der Waals surface area contributed by atoms with Crippen molar-refractivity contribution in [2.24, 2.45) is 0 Å². The molecule has 4 rings (SSSR count). The summed E-state index contributed by atoms with van der Waals surface area (Å²) in [4.78, 5) is 16.8. The van der Waals surface area contributed by atoms with Crippen LogP contribution in [0.15, 0.2) is 59.7 Å². The number of rotatable bonds is 5. The lowest BCUT2D eigenvalue weighted by Gasteiger charge is -2.10. The quantitative estimate of drug-likeness (QED) is 0.747. The fraction of sp³-hybridized carbons (Fsp3) is 0.158. The zero-order valence-electron chi connectivity index (χ0n) is 13.8. The summed E-state index contributed by atoms with van der Waals surface area (Å²) in [5.74, 6) is 1.75. The Morgan fingerprint density at radius 1 is 1.08 bits per heavy atom. The zero-order valence-corrected chi connectivity index (χ0v) is 14.6. The van der Waals surface area contributed by atoms with Crippen LogP contribution < -0.4 is 20.3 Å². The molecule has 1 aliphatic rings. The molecule has 0 saturated heterocycles. The molecular weight excluding hydrogens is 354 g/mol. The van der Waals surface area contributed by atoms with Gasteiger partial charge in [-0.2, -0.15) is 0 Å². The molecule has 0 unspecified atom stereocenters. The summed E-state index contributed by atoms with van der Waals surface area (Å²) in [6, 6.07) is 13.1. The number of anilines is 1. The van der Waals surface area contributed by atoms with Gasteiger partial charge in [0, 0.05) is 24.0 Å². The molecule has 0 bridgehead atoms. The van der Waals surface area contributed by atoms with Gasteiger partial charge in [0.05, 0.1) is 6.54 Å². The predicted octanol–water partition coefficient (Wildman–Crippen LogP) is 3.29. The number of halogens is 1. The Balaban J connectivity index is 1.48. The van der Waals surface area contributed by atoms with Crippen LogP contribution in [0.4, 0.5) is 5.82 Å². The summed E-state index contributed by atoms with van der Waals surface area (Å²) >= 11 is 5.90. The molecule has 0 aliphatic carbocycles. The predicted molar refractivity (Wildman–Crippen MR) is 98.9 cm³/mol. The van der Waals surface area contributed by atoms with Gasteiger partial charge in [-0.1, -0.05) is 29.8 Å². The van der Waals surface area contributed by atoms with Crippen LogP contribution >= 0.6 is 11.6 Å². The molecule has 0 saturated carbocycles. The number of benzene rings is 2. The third kappa shape index (κ3) is 3.50. The number of nitrogens with zero attached hydrogens (tertiary/aromatic N) is 2. The van der Waals surface area contributed by atoms with E-state index in [1.165, 1.54) is 0 Å². The highest BCUT2D eigenvalue weighted by Gasteiger charge is 2.13. The first-order chi connectivity index (χ1) is 12.7. The number of aromatic nitrogens is 2. The van der Waals surface area contributed by atoms with Crippen molar-refractivity contribution < 1.29 is 9.47 Å². The zero-order chi connectivity index (χ0) is 17.9. The Morgan fingerprint density at radius 2 is 1.85 bits per heavy atom. The second-order valence-corrected chi connectivity index (χ2v) is 6.31. The smallest absolute Gasteiger partial charge is 0.293 e. The molecule has 1 aliphatic heterocycles. The minimum atomic E-state index is -0.178. The highest BCUT2D eigenvalue weighted by molar-refractivity contribution is 6.30. The van der Waals surface area contributed by atoms with E-state index >= 15 is 0 Å². The lowest BCUT2D eigenvalue weighted by atomic mass is 10.2. The van der Waals surface area contributed by atoms with Crippen LogP contribution in [0, 0.1) is 0 Å². The van der Waals surface area contributed by atoms with E-state index < -0.39 is 0 Å². The van der Waals surface area contributed by atoms with E-state index in [9.17, 15) is 4.79 Å². The van der Waals surface area contributed by atoms with Crippen molar-refractivity contribution in [1.29, 1.82) is 0 Å². The number of nitrogens with one attached hydrogen (secondary N) is 1. The Labute approximate surface area is 155 Å². The lowest BCUT2D eigenvalue weighted by molar-refractivity contribution is 0.174. The minimum Gasteiger partial charge on any atom is -0.454 e. The van der Waals surface area contributed by atoms with Gasteiger partial charge < -0.3 is 19.4 Å². The highest BCUT2D eigenvalue weighted by Crippen LogP contribution is 2.32. The van der Waals surface area contributed by atoms with E-state index in [1.54, 1.807) is 17.0 Å². The van der Waals surface area contributed by atoms with Gasteiger partial charge in [0.1, 0.15) is 0 Å². The van der Waals surface area contributed by atoms with Gasteiger partial charge in [0.15, 0.2) is 17.3 Å². The van der Waals surface area contributed by atoms with E-state index in [2.05, 4.69) is 10.3 Å². The fourth-order valence-electron chi connectivity index (χ4n) is 2.72. The Morgan fingerprint density at radius 3 is 2.69 bits per heavy atom. The molecule has 1 aromatic heterocycles. The molecular formula is C19H16ClN3O3. The summed E-state index contributed by atoms with van der Waals surface area (Å²) < 4.78 is 12.3. The average Bonchev–Trinajstić information content (AvgIpc) is 3.12. The van der Waals surface area contributed by atoms with Gasteiger partial charge in [0.25, 0.3) is 5.56 Å². The standard InChI is InChI=1S/C19H16ClN3O3/c20-15-4-1-13(2-5-15)11-23-8-7-21-18(19(23)24)22-10-14-3-6-16-17(9-14)26-12-25-16/h1-9H,10-12H2,(H,21,22). The third-order valence-corrected chi connectivity index (χ3v) is 4.33. The maximum atomic E-state index is 12.6. The van der Waals surface area contributed by atoms with Gasteiger partial charge in [-0.25, -0.2) is 4.98 Å². The second-order valence-electron chi connectivity index (χ2n) is 5.88. The molecule has 26 heavy (non-hydrogen) atoms. The monoisotopic (exact) mass is 369 g/mol. The molecule has 1 N–H and O–H groups in total. The first-order valence-electron chi connectivity index (χ1n) is 8.11. The largest absolute Gasteiger partial charge is 0.454 e. The van der Waals surface area contributed by atoms with Crippen LogP contribution in [0.5, 0.6) is 11.5 Å². The van der Waals surface area contributed by atoms with E-state index in [4.69, 9.17) is 21.1 Å². The van der Waals surface area contributed by atoms with E-state index in [0.717, 1.165) is 16.9 Å². The van der Waals surface area contributed by atoms with Gasteiger partial charge in [-0.05, 0) is 35.4 Å². The van der Waals surface area contributed by atoms with Crippen molar-refractivity contribution in [2.75, 3.05) is 12.1 Å². The Bertz CT molecular complexity index is 986. The van der Waals surface area contributed by atoms with Crippen molar-refractivity contribution in [2.45, 2.75) is 13.1 Å². The van der Waals surface area contributed by atoms with Crippen molar-refractivity contribution in [3.05, 3.63) is 81.4 Å². The normalized spacial score (nSPS) is 12.2. The minimum absolute atomic E-state index is 0.178. The molecule has 0 atom stereocenters. The SMILES string of the molecule is O=c1c(NCc2ccc3c(c2)OCO3)nccn1Cc1ccc(Cl)cc1. The molecule has 0 spiro atoms. The highest BCUT2D eigenvalue weighted by atomic mass is 35.5.